The van der Waals surface area contributed by atoms with Gasteiger partial charge in [0.05, 0.1) is 6.20 Å². The van der Waals surface area contributed by atoms with Gasteiger partial charge in [0.15, 0.2) is 0 Å². The molecule has 2 heterocycles. The monoisotopic (exact) mass is 135 g/mol. The number of anilines is 1. The van der Waals surface area contributed by atoms with Gasteiger partial charge in [0.25, 0.3) is 0 Å². The van der Waals surface area contributed by atoms with Gasteiger partial charge < -0.3 is 5.32 Å². The molecule has 0 aliphatic carbocycles. The topological polar surface area (TPSA) is 29.9 Å². The molecule has 10 heavy (non-hydrogen) atoms. The van der Waals surface area contributed by atoms with Gasteiger partial charge in [-0.25, -0.2) is 4.98 Å². The summed E-state index contributed by atoms with van der Waals surface area (Å²) in [6, 6.07) is 0. The van der Waals surface area contributed by atoms with Crippen LogP contribution < -0.4 is 5.32 Å². The van der Waals surface area contributed by atoms with Crippen molar-refractivity contribution in [1.82, 2.24) is 9.55 Å². The molecular formula is C7H9N3. The highest BCUT2D eigenvalue weighted by atomic mass is 15.2. The maximum Gasteiger partial charge on any atom is 0.207 e. The molecule has 0 saturated carbocycles. The van der Waals surface area contributed by atoms with E-state index in [-0.39, 0.29) is 0 Å². The van der Waals surface area contributed by atoms with Gasteiger partial charge in [-0.1, -0.05) is 0 Å². The van der Waals surface area contributed by atoms with E-state index >= 15 is 0 Å². The lowest BCUT2D eigenvalue weighted by Gasteiger charge is -2.09. The zero-order chi connectivity index (χ0) is 6.97. The van der Waals surface area contributed by atoms with E-state index in [0.29, 0.717) is 0 Å². The minimum atomic E-state index is 0.885. The standard InChI is InChI=1S/C7H9N3/c1-6-5-9-7-8-3-2-4-10(6)7/h2,4-5H,3H2,1H3,(H,8,9). The van der Waals surface area contributed by atoms with E-state index in [2.05, 4.69) is 16.4 Å². The number of hydrogen-bond acceptors (Lipinski definition) is 2. The van der Waals surface area contributed by atoms with Crippen LogP contribution in [0.5, 0.6) is 0 Å². The van der Waals surface area contributed by atoms with E-state index in [1.165, 1.54) is 5.69 Å². The summed E-state index contributed by atoms with van der Waals surface area (Å²) >= 11 is 0. The third-order valence-electron chi connectivity index (χ3n) is 1.61. The SMILES string of the molecule is Cc1cnc2n1C=CCN2. The molecule has 1 aliphatic rings. The second-order valence-electron chi connectivity index (χ2n) is 2.36. The van der Waals surface area contributed by atoms with Crippen molar-refractivity contribution in [3.63, 3.8) is 0 Å². The van der Waals surface area contributed by atoms with Crippen LogP contribution in [0.25, 0.3) is 6.20 Å². The summed E-state index contributed by atoms with van der Waals surface area (Å²) in [5, 5.41) is 3.15. The minimum absolute atomic E-state index is 0.885. The van der Waals surface area contributed by atoms with Crippen molar-refractivity contribution < 1.29 is 0 Å². The molecule has 3 heteroatoms. The maximum absolute atomic E-state index is 4.16. The van der Waals surface area contributed by atoms with Crippen molar-refractivity contribution in [3.05, 3.63) is 18.0 Å². The fourth-order valence-corrected chi connectivity index (χ4v) is 1.07. The van der Waals surface area contributed by atoms with Gasteiger partial charge in [0.2, 0.25) is 5.95 Å². The first-order chi connectivity index (χ1) is 4.88. The molecule has 1 aromatic heterocycles. The summed E-state index contributed by atoms with van der Waals surface area (Å²) in [5.74, 6) is 0.944. The summed E-state index contributed by atoms with van der Waals surface area (Å²) in [5.41, 5.74) is 1.17. The van der Waals surface area contributed by atoms with Gasteiger partial charge in [-0.15, -0.1) is 0 Å². The van der Waals surface area contributed by atoms with E-state index in [0.717, 1.165) is 12.5 Å². The second-order valence-corrected chi connectivity index (χ2v) is 2.36. The first kappa shape index (κ1) is 5.53. The lowest BCUT2D eigenvalue weighted by molar-refractivity contribution is 1.03. The van der Waals surface area contributed by atoms with Crippen LogP contribution in [0.4, 0.5) is 5.95 Å². The Balaban J connectivity index is 2.57. The Morgan fingerprint density at radius 1 is 1.70 bits per heavy atom. The van der Waals surface area contributed by atoms with Crippen LogP contribution in [0.15, 0.2) is 12.3 Å². The number of nitrogens with one attached hydrogen (secondary N) is 1. The molecule has 0 unspecified atom stereocenters. The van der Waals surface area contributed by atoms with Crippen LogP contribution >= 0.6 is 0 Å². The molecule has 0 fully saturated rings. The van der Waals surface area contributed by atoms with Crippen molar-refractivity contribution >= 4 is 12.1 Å². The molecule has 1 aromatic rings. The molecule has 0 aromatic carbocycles. The Morgan fingerprint density at radius 2 is 2.60 bits per heavy atom. The Hall–Kier alpha value is -1.25. The minimum Gasteiger partial charge on any atom is -0.352 e. The van der Waals surface area contributed by atoms with Gasteiger partial charge in [-0.3, -0.25) is 4.57 Å². The van der Waals surface area contributed by atoms with Crippen LogP contribution in [0.3, 0.4) is 0 Å². The molecule has 0 saturated heterocycles. The van der Waals surface area contributed by atoms with Crippen LogP contribution in [0.2, 0.25) is 0 Å². The smallest absolute Gasteiger partial charge is 0.207 e. The zero-order valence-corrected chi connectivity index (χ0v) is 5.83. The molecule has 2 rings (SSSR count). The Kier molecular flexibility index (Phi) is 1.03. The average molecular weight is 135 g/mol. The van der Waals surface area contributed by atoms with Gasteiger partial charge in [0.1, 0.15) is 0 Å². The highest BCUT2D eigenvalue weighted by Crippen LogP contribution is 2.12. The van der Waals surface area contributed by atoms with Crippen LogP contribution in [0.1, 0.15) is 5.69 Å². The van der Waals surface area contributed by atoms with Crippen molar-refractivity contribution in [1.29, 1.82) is 0 Å². The Morgan fingerprint density at radius 3 is 3.40 bits per heavy atom. The van der Waals surface area contributed by atoms with E-state index in [4.69, 9.17) is 0 Å². The molecule has 1 aliphatic heterocycles. The van der Waals surface area contributed by atoms with Crippen LogP contribution in [-0.4, -0.2) is 16.1 Å². The molecule has 0 atom stereocenters. The lowest BCUT2D eigenvalue weighted by Crippen LogP contribution is -2.09. The highest BCUT2D eigenvalue weighted by Gasteiger charge is 2.04. The Labute approximate surface area is 59.4 Å². The zero-order valence-electron chi connectivity index (χ0n) is 5.83. The van der Waals surface area contributed by atoms with Gasteiger partial charge in [0, 0.05) is 18.4 Å². The second kappa shape index (κ2) is 1.87. The predicted molar refractivity (Wildman–Crippen MR) is 40.8 cm³/mol. The van der Waals surface area contributed by atoms with E-state index in [9.17, 15) is 0 Å². The summed E-state index contributed by atoms with van der Waals surface area (Å²) in [6.07, 6.45) is 5.97. The quantitative estimate of drug-likeness (QED) is 0.577. The van der Waals surface area contributed by atoms with Crippen molar-refractivity contribution in [3.8, 4) is 0 Å². The largest absolute Gasteiger partial charge is 0.352 e. The van der Waals surface area contributed by atoms with Crippen molar-refractivity contribution in [2.75, 3.05) is 11.9 Å². The summed E-state index contributed by atoms with van der Waals surface area (Å²) in [7, 11) is 0. The average Bonchev–Trinajstić information content (AvgIpc) is 2.34. The van der Waals surface area contributed by atoms with E-state index in [1.807, 2.05) is 23.9 Å². The molecular weight excluding hydrogens is 126 g/mol. The molecule has 0 spiro atoms. The first-order valence-corrected chi connectivity index (χ1v) is 3.32. The number of imidazole rings is 1. The summed E-state index contributed by atoms with van der Waals surface area (Å²) < 4.78 is 2.03. The maximum atomic E-state index is 4.16. The highest BCUT2D eigenvalue weighted by molar-refractivity contribution is 5.46. The lowest BCUT2D eigenvalue weighted by atomic mass is 10.5. The fourth-order valence-electron chi connectivity index (χ4n) is 1.07. The summed E-state index contributed by atoms with van der Waals surface area (Å²) in [4.78, 5) is 4.16. The molecule has 52 valence electrons. The number of aromatic nitrogens is 2. The van der Waals surface area contributed by atoms with Gasteiger partial charge >= 0.3 is 0 Å². The van der Waals surface area contributed by atoms with Crippen molar-refractivity contribution in [2.24, 2.45) is 0 Å². The fraction of sp³-hybridized carbons (Fsp3) is 0.286. The number of aryl methyl sites for hydroxylation is 1. The van der Waals surface area contributed by atoms with E-state index < -0.39 is 0 Å². The van der Waals surface area contributed by atoms with Crippen molar-refractivity contribution in [2.45, 2.75) is 6.92 Å². The number of hydrogen-bond donors (Lipinski definition) is 1. The number of fused-ring (bicyclic) bond motifs is 1. The third-order valence-corrected chi connectivity index (χ3v) is 1.61. The number of rotatable bonds is 0. The molecule has 0 radical (unpaired) electrons. The predicted octanol–water partition coefficient (Wildman–Crippen LogP) is 1.09. The van der Waals surface area contributed by atoms with E-state index in [1.54, 1.807) is 0 Å². The van der Waals surface area contributed by atoms with Gasteiger partial charge in [-0.2, -0.15) is 0 Å². The number of nitrogens with zero attached hydrogens (tertiary/aromatic N) is 2. The third kappa shape index (κ3) is 0.635. The molecule has 0 amide bonds. The summed E-state index contributed by atoms with van der Waals surface area (Å²) in [6.45, 7) is 2.92. The molecule has 3 nitrogen and oxygen atoms in total. The molecule has 1 N–H and O–H groups in total. The normalized spacial score (nSPS) is 14.5. The van der Waals surface area contributed by atoms with Gasteiger partial charge in [-0.05, 0) is 13.0 Å². The Bertz CT molecular complexity index is 272. The van der Waals surface area contributed by atoms with Crippen LogP contribution in [0, 0.1) is 6.92 Å². The van der Waals surface area contributed by atoms with Crippen LogP contribution in [-0.2, 0) is 0 Å². The first-order valence-electron chi connectivity index (χ1n) is 3.32. The molecule has 0 bridgehead atoms.